The molecule has 1 aromatic carbocycles. The molecule has 176 valence electrons. The van der Waals surface area contributed by atoms with Crippen LogP contribution in [0.5, 0.6) is 0 Å². The van der Waals surface area contributed by atoms with Crippen LogP contribution in [0.15, 0.2) is 53.3 Å². The highest BCUT2D eigenvalue weighted by molar-refractivity contribution is 5.70. The molecule has 3 atom stereocenters. The van der Waals surface area contributed by atoms with Gasteiger partial charge in [0.15, 0.2) is 5.82 Å². The zero-order valence-corrected chi connectivity index (χ0v) is 20.0. The number of aromatic nitrogens is 4. The fraction of sp³-hybridized carbons (Fsp3) is 0.379. The van der Waals surface area contributed by atoms with Crippen molar-refractivity contribution < 1.29 is 8.91 Å². The van der Waals surface area contributed by atoms with Crippen LogP contribution in [0.25, 0.3) is 22.6 Å². The van der Waals surface area contributed by atoms with Gasteiger partial charge in [-0.2, -0.15) is 0 Å². The van der Waals surface area contributed by atoms with Crippen molar-refractivity contribution in [1.29, 1.82) is 0 Å². The number of rotatable bonds is 3. The van der Waals surface area contributed by atoms with Crippen LogP contribution in [-0.2, 0) is 18.3 Å². The van der Waals surface area contributed by atoms with Crippen molar-refractivity contribution in [3.8, 4) is 22.6 Å². The molecule has 0 bridgehead atoms. The molecule has 7 rings (SSSR count). The molecule has 0 radical (unpaired) electrons. The lowest BCUT2D eigenvalue weighted by Gasteiger charge is -2.47. The zero-order chi connectivity index (χ0) is 23.7. The van der Waals surface area contributed by atoms with Gasteiger partial charge in [0.1, 0.15) is 11.6 Å². The van der Waals surface area contributed by atoms with Crippen molar-refractivity contribution in [2.45, 2.75) is 63.2 Å². The standard InChI is InChI=1S/C29H27FN4O/c1-16-22-10-9-21-25(20-5-3-4-6-23(20)30)33-28(18-11-12-31-24(13-18)17-7-8-17)34-27(21)29(22,2)14-19-15-32-35-26(16)19/h3-6,11-13,15-17,22H,7-10,14H2,1-2H3/t16-,22-,29-/m1/s1. The molecule has 1 saturated carbocycles. The predicted octanol–water partition coefficient (Wildman–Crippen LogP) is 6.39. The fourth-order valence-corrected chi connectivity index (χ4v) is 6.55. The lowest BCUT2D eigenvalue weighted by molar-refractivity contribution is 0.172. The van der Waals surface area contributed by atoms with E-state index in [1.54, 1.807) is 6.07 Å². The molecule has 6 heteroatoms. The van der Waals surface area contributed by atoms with E-state index in [0.717, 1.165) is 58.8 Å². The maximum atomic E-state index is 15.1. The Kier molecular flexibility index (Phi) is 4.51. The Hall–Kier alpha value is -3.41. The lowest BCUT2D eigenvalue weighted by atomic mass is 9.56. The summed E-state index contributed by atoms with van der Waals surface area (Å²) in [5, 5.41) is 4.11. The molecule has 3 aromatic heterocycles. The second-order valence-corrected chi connectivity index (χ2v) is 10.7. The van der Waals surface area contributed by atoms with E-state index in [2.05, 4.69) is 30.1 Å². The number of pyridine rings is 1. The quantitative estimate of drug-likeness (QED) is 0.350. The van der Waals surface area contributed by atoms with E-state index < -0.39 is 0 Å². The van der Waals surface area contributed by atoms with Crippen LogP contribution in [0.2, 0.25) is 0 Å². The summed E-state index contributed by atoms with van der Waals surface area (Å²) in [5.74, 6) is 2.55. The Morgan fingerprint density at radius 1 is 1.09 bits per heavy atom. The number of halogens is 1. The molecule has 35 heavy (non-hydrogen) atoms. The van der Waals surface area contributed by atoms with E-state index in [0.29, 0.717) is 23.2 Å². The summed E-state index contributed by atoms with van der Waals surface area (Å²) in [5.41, 5.74) is 6.36. The van der Waals surface area contributed by atoms with Crippen molar-refractivity contribution in [1.82, 2.24) is 20.1 Å². The second-order valence-electron chi connectivity index (χ2n) is 10.7. The summed E-state index contributed by atoms with van der Waals surface area (Å²) in [6, 6.07) is 11.0. The first-order chi connectivity index (χ1) is 17.0. The first-order valence-electron chi connectivity index (χ1n) is 12.6. The van der Waals surface area contributed by atoms with Gasteiger partial charge >= 0.3 is 0 Å². The van der Waals surface area contributed by atoms with Gasteiger partial charge in [-0.3, -0.25) is 4.98 Å². The third kappa shape index (κ3) is 3.19. The highest BCUT2D eigenvalue weighted by Crippen LogP contribution is 2.54. The Balaban J connectivity index is 1.47. The Bertz CT molecular complexity index is 1460. The van der Waals surface area contributed by atoms with E-state index in [1.807, 2.05) is 30.6 Å². The van der Waals surface area contributed by atoms with Crippen molar-refractivity contribution in [2.24, 2.45) is 5.92 Å². The van der Waals surface area contributed by atoms with Crippen LogP contribution in [0.3, 0.4) is 0 Å². The molecule has 0 saturated heterocycles. The van der Waals surface area contributed by atoms with Gasteiger partial charge in [0.2, 0.25) is 0 Å². The van der Waals surface area contributed by atoms with Crippen molar-refractivity contribution >= 4 is 0 Å². The summed E-state index contributed by atoms with van der Waals surface area (Å²) in [6.07, 6.45) is 8.68. The van der Waals surface area contributed by atoms with Crippen LogP contribution in [0, 0.1) is 11.7 Å². The summed E-state index contributed by atoms with van der Waals surface area (Å²) in [7, 11) is 0. The third-order valence-corrected chi connectivity index (χ3v) is 8.49. The fourth-order valence-electron chi connectivity index (χ4n) is 6.55. The number of nitrogens with zero attached hydrogens (tertiary/aromatic N) is 4. The monoisotopic (exact) mass is 466 g/mol. The number of benzene rings is 1. The van der Waals surface area contributed by atoms with Gasteiger partial charge in [-0.15, -0.1) is 0 Å². The molecule has 3 aliphatic rings. The van der Waals surface area contributed by atoms with Crippen LogP contribution >= 0.6 is 0 Å². The van der Waals surface area contributed by atoms with Crippen molar-refractivity contribution in [2.75, 3.05) is 0 Å². The molecule has 0 N–H and O–H groups in total. The number of hydrogen-bond acceptors (Lipinski definition) is 5. The first kappa shape index (κ1) is 20.9. The van der Waals surface area contributed by atoms with Gasteiger partial charge in [-0.1, -0.05) is 31.1 Å². The van der Waals surface area contributed by atoms with E-state index in [9.17, 15) is 0 Å². The topological polar surface area (TPSA) is 64.7 Å². The predicted molar refractivity (Wildman–Crippen MR) is 130 cm³/mol. The maximum Gasteiger partial charge on any atom is 0.160 e. The minimum Gasteiger partial charge on any atom is -0.361 e. The van der Waals surface area contributed by atoms with E-state index in [1.165, 1.54) is 18.9 Å². The molecule has 4 aromatic rings. The lowest BCUT2D eigenvalue weighted by Crippen LogP contribution is -2.45. The second kappa shape index (κ2) is 7.54. The number of hydrogen-bond donors (Lipinski definition) is 0. The minimum absolute atomic E-state index is 0.213. The highest BCUT2D eigenvalue weighted by Gasteiger charge is 2.50. The number of fused-ring (bicyclic) bond motifs is 4. The normalized spacial score (nSPS) is 25.0. The molecule has 1 fully saturated rings. The van der Waals surface area contributed by atoms with E-state index >= 15 is 4.39 Å². The van der Waals surface area contributed by atoms with Gasteiger partial charge < -0.3 is 4.52 Å². The average Bonchev–Trinajstić information content (AvgIpc) is 3.62. The molecule has 3 heterocycles. The molecule has 0 amide bonds. The van der Waals surface area contributed by atoms with Crippen LogP contribution in [0.4, 0.5) is 4.39 Å². The third-order valence-electron chi connectivity index (χ3n) is 8.49. The maximum absolute atomic E-state index is 15.1. The minimum atomic E-state index is -0.252. The van der Waals surface area contributed by atoms with E-state index in [-0.39, 0.29) is 17.2 Å². The van der Waals surface area contributed by atoms with Crippen LogP contribution in [-0.4, -0.2) is 20.1 Å². The largest absolute Gasteiger partial charge is 0.361 e. The molecular weight excluding hydrogens is 439 g/mol. The van der Waals surface area contributed by atoms with Gasteiger partial charge in [-0.05, 0) is 62.3 Å². The Labute approximate surface area is 203 Å². The molecule has 3 aliphatic carbocycles. The summed E-state index contributed by atoms with van der Waals surface area (Å²) < 4.78 is 20.8. The zero-order valence-electron chi connectivity index (χ0n) is 20.0. The molecule has 0 unspecified atom stereocenters. The molecule has 0 aliphatic heterocycles. The van der Waals surface area contributed by atoms with Crippen molar-refractivity contribution in [3.63, 3.8) is 0 Å². The smallest absolute Gasteiger partial charge is 0.160 e. The van der Waals surface area contributed by atoms with Gasteiger partial charge in [-0.25, -0.2) is 14.4 Å². The summed E-state index contributed by atoms with van der Waals surface area (Å²) in [6.45, 7) is 4.55. The summed E-state index contributed by atoms with van der Waals surface area (Å²) >= 11 is 0. The summed E-state index contributed by atoms with van der Waals surface area (Å²) in [4.78, 5) is 14.9. The van der Waals surface area contributed by atoms with Gasteiger partial charge in [0, 0.05) is 51.4 Å². The van der Waals surface area contributed by atoms with Crippen molar-refractivity contribution in [3.05, 3.63) is 82.9 Å². The first-order valence-corrected chi connectivity index (χ1v) is 12.6. The van der Waals surface area contributed by atoms with Crippen LogP contribution < -0.4 is 0 Å². The van der Waals surface area contributed by atoms with Gasteiger partial charge in [0.05, 0.1) is 17.6 Å². The van der Waals surface area contributed by atoms with Gasteiger partial charge in [0.25, 0.3) is 0 Å². The Morgan fingerprint density at radius 2 is 1.94 bits per heavy atom. The Morgan fingerprint density at radius 3 is 2.77 bits per heavy atom. The molecule has 0 spiro atoms. The SMILES string of the molecule is C[C@H]1c2oncc2C[C@@]2(C)c3nc(-c4ccnc(C5CC5)c4)nc(-c4ccccc4F)c3CC[C@H]12. The van der Waals surface area contributed by atoms with E-state index in [4.69, 9.17) is 14.5 Å². The molecule has 5 nitrogen and oxygen atoms in total. The molecular formula is C29H27FN4O. The average molecular weight is 467 g/mol. The van der Waals surface area contributed by atoms with Crippen LogP contribution in [0.1, 0.15) is 73.2 Å². The highest BCUT2D eigenvalue weighted by atomic mass is 19.1.